The lowest BCUT2D eigenvalue weighted by Gasteiger charge is -2.12. The predicted molar refractivity (Wildman–Crippen MR) is 129 cm³/mol. The number of rotatable bonds is 8. The maximum Gasteiger partial charge on any atom is 0.251 e. The molecule has 0 unspecified atom stereocenters. The summed E-state index contributed by atoms with van der Waals surface area (Å²) in [5.41, 5.74) is 8.53. The number of anilines is 1. The van der Waals surface area contributed by atoms with E-state index in [1.807, 2.05) is 12.1 Å². The summed E-state index contributed by atoms with van der Waals surface area (Å²) in [4.78, 5) is 42.6. The number of imidazole rings is 1. The van der Waals surface area contributed by atoms with Crippen LogP contribution in [0.4, 0.5) is 5.82 Å². The largest absolute Gasteiger partial charge is 0.383 e. The molecule has 0 aliphatic heterocycles. The van der Waals surface area contributed by atoms with Gasteiger partial charge < -0.3 is 11.1 Å². The van der Waals surface area contributed by atoms with E-state index in [-0.39, 0.29) is 35.0 Å². The molecule has 2 fully saturated rings. The summed E-state index contributed by atoms with van der Waals surface area (Å²) in [5, 5.41) is 3.05. The highest BCUT2D eigenvalue weighted by atomic mass is 16.2. The minimum absolute atomic E-state index is 0.114. The Hall–Kier alpha value is -3.74. The summed E-state index contributed by atoms with van der Waals surface area (Å²) < 4.78 is 1.61. The second-order valence-electron chi connectivity index (χ2n) is 9.33. The summed E-state index contributed by atoms with van der Waals surface area (Å²) in [5.74, 6) is 0.291. The molecule has 1 amide bonds. The Balaban J connectivity index is 1.35. The quantitative estimate of drug-likeness (QED) is 0.490. The first-order chi connectivity index (χ1) is 16.5. The highest BCUT2D eigenvalue weighted by molar-refractivity contribution is 6.11. The number of benzene rings is 2. The van der Waals surface area contributed by atoms with Crippen LogP contribution in [0, 0.1) is 5.92 Å². The van der Waals surface area contributed by atoms with Gasteiger partial charge in [0.05, 0.1) is 0 Å². The van der Waals surface area contributed by atoms with Crippen LogP contribution in [-0.2, 0) is 0 Å². The monoisotopic (exact) mass is 456 g/mol. The van der Waals surface area contributed by atoms with Crippen LogP contribution < -0.4 is 11.1 Å². The van der Waals surface area contributed by atoms with E-state index in [0.717, 1.165) is 38.5 Å². The molecule has 2 saturated carbocycles. The standard InChI is InChI=1S/C27H28N4O3/c28-26-24(25(33)19-6-3-7-20(14-19)27(34)30-21-8-1-2-9-21)29-16-31(26)22-10-4-5-18(15-22)23(32)13-17-11-12-17/h3-7,10,14-17,21H,1-2,8-9,11-13,28H2,(H,30,34). The second-order valence-corrected chi connectivity index (χ2v) is 9.33. The first kappa shape index (κ1) is 22.1. The molecule has 0 radical (unpaired) electrons. The SMILES string of the molecule is Nc1c(C(=O)c2cccc(C(=O)NC3CCCC3)c2)ncn1-c1cccc(C(=O)CC2CC2)c1. The van der Waals surface area contributed by atoms with Gasteiger partial charge in [0.15, 0.2) is 11.5 Å². The molecule has 2 aromatic carbocycles. The molecular weight excluding hydrogens is 428 g/mol. The lowest BCUT2D eigenvalue weighted by molar-refractivity contribution is 0.0936. The topological polar surface area (TPSA) is 107 Å². The van der Waals surface area contributed by atoms with Crippen LogP contribution in [-0.4, -0.2) is 33.1 Å². The Morgan fingerprint density at radius 3 is 2.41 bits per heavy atom. The van der Waals surface area contributed by atoms with Crippen LogP contribution in [0.25, 0.3) is 5.69 Å². The van der Waals surface area contributed by atoms with Crippen molar-refractivity contribution in [3.63, 3.8) is 0 Å². The first-order valence-electron chi connectivity index (χ1n) is 11.9. The van der Waals surface area contributed by atoms with Gasteiger partial charge in [-0.3, -0.25) is 19.0 Å². The predicted octanol–water partition coefficient (Wildman–Crippen LogP) is 4.34. The van der Waals surface area contributed by atoms with Crippen LogP contribution in [0.15, 0.2) is 54.9 Å². The zero-order valence-electron chi connectivity index (χ0n) is 19.0. The van der Waals surface area contributed by atoms with Gasteiger partial charge in [-0.15, -0.1) is 0 Å². The summed E-state index contributed by atoms with van der Waals surface area (Å²) >= 11 is 0. The van der Waals surface area contributed by atoms with Crippen molar-refractivity contribution < 1.29 is 14.4 Å². The molecule has 2 aliphatic rings. The molecule has 7 heteroatoms. The van der Waals surface area contributed by atoms with Crippen LogP contribution in [0.2, 0.25) is 0 Å². The van der Waals surface area contributed by atoms with Crippen LogP contribution >= 0.6 is 0 Å². The Morgan fingerprint density at radius 1 is 0.941 bits per heavy atom. The Morgan fingerprint density at radius 2 is 1.65 bits per heavy atom. The minimum atomic E-state index is -0.354. The number of amides is 1. The fourth-order valence-corrected chi connectivity index (χ4v) is 4.55. The van der Waals surface area contributed by atoms with Gasteiger partial charge in [-0.25, -0.2) is 4.98 Å². The van der Waals surface area contributed by atoms with Gasteiger partial charge in [0.2, 0.25) is 5.78 Å². The molecule has 174 valence electrons. The maximum absolute atomic E-state index is 13.2. The van der Waals surface area contributed by atoms with Gasteiger partial charge >= 0.3 is 0 Å². The Bertz CT molecular complexity index is 1250. The number of Topliss-reactive ketones (excluding diaryl/α,β-unsaturated/α-hetero) is 1. The summed E-state index contributed by atoms with van der Waals surface area (Å²) in [6.07, 6.45) is 8.54. The van der Waals surface area contributed by atoms with Gasteiger partial charge in [-0.05, 0) is 55.9 Å². The molecule has 0 spiro atoms. The number of ketones is 2. The van der Waals surface area contributed by atoms with Gasteiger partial charge in [0, 0.05) is 34.8 Å². The fraction of sp³-hybridized carbons (Fsp3) is 0.333. The van der Waals surface area contributed by atoms with E-state index in [1.165, 1.54) is 6.33 Å². The number of nitrogens with two attached hydrogens (primary N) is 1. The van der Waals surface area contributed by atoms with Crippen molar-refractivity contribution in [1.29, 1.82) is 0 Å². The molecule has 0 atom stereocenters. The van der Waals surface area contributed by atoms with Crippen LogP contribution in [0.1, 0.15) is 81.7 Å². The molecule has 5 rings (SSSR count). The number of carbonyl (C=O) groups excluding carboxylic acids is 3. The maximum atomic E-state index is 13.2. The van der Waals surface area contributed by atoms with Crippen molar-refractivity contribution in [1.82, 2.24) is 14.9 Å². The second kappa shape index (κ2) is 9.25. The minimum Gasteiger partial charge on any atom is -0.383 e. The van der Waals surface area contributed by atoms with Crippen molar-refractivity contribution >= 4 is 23.3 Å². The third-order valence-corrected chi connectivity index (χ3v) is 6.71. The van der Waals surface area contributed by atoms with Crippen LogP contribution in [0.3, 0.4) is 0 Å². The third kappa shape index (κ3) is 4.64. The molecule has 34 heavy (non-hydrogen) atoms. The van der Waals surface area contributed by atoms with Crippen molar-refractivity contribution in [2.75, 3.05) is 5.73 Å². The molecule has 2 aliphatic carbocycles. The van der Waals surface area contributed by atoms with Gasteiger partial charge in [0.1, 0.15) is 12.1 Å². The van der Waals surface area contributed by atoms with E-state index in [1.54, 1.807) is 41.0 Å². The normalized spacial score (nSPS) is 15.9. The summed E-state index contributed by atoms with van der Waals surface area (Å²) in [6.45, 7) is 0. The lowest BCUT2D eigenvalue weighted by Crippen LogP contribution is -2.32. The number of aromatic nitrogens is 2. The highest BCUT2D eigenvalue weighted by Crippen LogP contribution is 2.33. The number of nitrogens with zero attached hydrogens (tertiary/aromatic N) is 2. The average molecular weight is 457 g/mol. The highest BCUT2D eigenvalue weighted by Gasteiger charge is 2.25. The number of nitrogen functional groups attached to an aromatic ring is 1. The number of carbonyl (C=O) groups is 3. The van der Waals surface area contributed by atoms with Gasteiger partial charge in [0.25, 0.3) is 5.91 Å². The molecule has 0 bridgehead atoms. The van der Waals surface area contributed by atoms with E-state index >= 15 is 0 Å². The first-order valence-corrected chi connectivity index (χ1v) is 11.9. The van der Waals surface area contributed by atoms with E-state index in [0.29, 0.717) is 34.7 Å². The number of hydrogen-bond acceptors (Lipinski definition) is 5. The zero-order chi connectivity index (χ0) is 23.7. The van der Waals surface area contributed by atoms with Crippen molar-refractivity contribution in [3.05, 3.63) is 77.2 Å². The molecule has 7 nitrogen and oxygen atoms in total. The zero-order valence-corrected chi connectivity index (χ0v) is 19.0. The van der Waals surface area contributed by atoms with E-state index in [2.05, 4.69) is 10.3 Å². The fourth-order valence-electron chi connectivity index (χ4n) is 4.55. The molecule has 3 aromatic rings. The van der Waals surface area contributed by atoms with Gasteiger partial charge in [-0.1, -0.05) is 37.1 Å². The number of nitrogens with one attached hydrogen (secondary N) is 1. The molecular formula is C27H28N4O3. The molecule has 1 aromatic heterocycles. The molecule has 3 N–H and O–H groups in total. The smallest absolute Gasteiger partial charge is 0.251 e. The molecule has 1 heterocycles. The number of hydrogen-bond donors (Lipinski definition) is 2. The Kier molecular flexibility index (Phi) is 6.01. The van der Waals surface area contributed by atoms with Crippen molar-refractivity contribution in [2.45, 2.75) is 51.0 Å². The van der Waals surface area contributed by atoms with Crippen LogP contribution in [0.5, 0.6) is 0 Å². The van der Waals surface area contributed by atoms with Crippen molar-refractivity contribution in [3.8, 4) is 5.69 Å². The third-order valence-electron chi connectivity index (χ3n) is 6.71. The summed E-state index contributed by atoms with van der Waals surface area (Å²) in [7, 11) is 0. The van der Waals surface area contributed by atoms with E-state index in [9.17, 15) is 14.4 Å². The Labute approximate surface area is 198 Å². The van der Waals surface area contributed by atoms with E-state index < -0.39 is 0 Å². The lowest BCUT2D eigenvalue weighted by atomic mass is 10.0. The average Bonchev–Trinajstić information content (AvgIpc) is 3.36. The molecule has 0 saturated heterocycles. The van der Waals surface area contributed by atoms with Crippen molar-refractivity contribution in [2.24, 2.45) is 5.92 Å². The van der Waals surface area contributed by atoms with E-state index in [4.69, 9.17) is 5.73 Å². The van der Waals surface area contributed by atoms with Gasteiger partial charge in [-0.2, -0.15) is 0 Å². The summed E-state index contributed by atoms with van der Waals surface area (Å²) in [6, 6.07) is 14.1.